The smallest absolute Gasteiger partial charge is 0.0757 e. The summed E-state index contributed by atoms with van der Waals surface area (Å²) in [4.78, 5) is 5.20. The van der Waals surface area contributed by atoms with Crippen LogP contribution in [-0.2, 0) is 4.74 Å². The minimum absolute atomic E-state index is 0.0605. The lowest BCUT2D eigenvalue weighted by atomic mass is 9.83. The molecule has 2 aliphatic heterocycles. The average molecular weight is 283 g/mol. The molecule has 0 spiro atoms. The highest BCUT2D eigenvalue weighted by Crippen LogP contribution is 2.34. The summed E-state index contributed by atoms with van der Waals surface area (Å²) in [6.45, 7) is 16.3. The molecule has 1 atom stereocenters. The first kappa shape index (κ1) is 16.2. The number of nitrogens with zero attached hydrogens (tertiary/aromatic N) is 2. The van der Waals surface area contributed by atoms with E-state index >= 15 is 0 Å². The van der Waals surface area contributed by atoms with Crippen LogP contribution in [0.5, 0.6) is 0 Å². The minimum Gasteiger partial charge on any atom is -0.370 e. The van der Waals surface area contributed by atoms with Crippen LogP contribution in [0.2, 0.25) is 0 Å². The van der Waals surface area contributed by atoms with Crippen LogP contribution in [0.4, 0.5) is 0 Å². The highest BCUT2D eigenvalue weighted by molar-refractivity contribution is 5.00. The molecular weight excluding hydrogens is 250 g/mol. The molecule has 0 aromatic rings. The first-order valence-electron chi connectivity index (χ1n) is 8.15. The Balaban J connectivity index is 2.08. The van der Waals surface area contributed by atoms with Crippen LogP contribution in [0, 0.1) is 0 Å². The third kappa shape index (κ3) is 3.35. The van der Waals surface area contributed by atoms with Crippen molar-refractivity contribution in [2.45, 2.75) is 70.7 Å². The van der Waals surface area contributed by atoms with Gasteiger partial charge in [0.25, 0.3) is 0 Å². The van der Waals surface area contributed by atoms with Gasteiger partial charge in [-0.1, -0.05) is 0 Å². The topological polar surface area (TPSA) is 41.7 Å². The Morgan fingerprint density at radius 2 is 1.85 bits per heavy atom. The van der Waals surface area contributed by atoms with Crippen molar-refractivity contribution in [3.63, 3.8) is 0 Å². The fourth-order valence-electron chi connectivity index (χ4n) is 3.92. The second-order valence-corrected chi connectivity index (χ2v) is 7.63. The van der Waals surface area contributed by atoms with Crippen molar-refractivity contribution in [3.8, 4) is 0 Å². The molecule has 118 valence electrons. The summed E-state index contributed by atoms with van der Waals surface area (Å²) in [6.07, 6.45) is 2.67. The van der Waals surface area contributed by atoms with Gasteiger partial charge in [0.05, 0.1) is 11.7 Å². The van der Waals surface area contributed by atoms with Gasteiger partial charge in [-0.25, -0.2) is 0 Å². The molecule has 0 aromatic carbocycles. The number of morpholine rings is 1. The van der Waals surface area contributed by atoms with Crippen molar-refractivity contribution < 1.29 is 4.74 Å². The monoisotopic (exact) mass is 283 g/mol. The summed E-state index contributed by atoms with van der Waals surface area (Å²) < 4.78 is 6.05. The summed E-state index contributed by atoms with van der Waals surface area (Å²) >= 11 is 0. The summed E-state index contributed by atoms with van der Waals surface area (Å²) in [6, 6.07) is 0.644. The Kier molecular flexibility index (Phi) is 4.80. The molecule has 0 aromatic heterocycles. The molecular formula is C16H33N3O. The average Bonchev–Trinajstić information content (AvgIpc) is 2.36. The SMILES string of the molecule is CC1CN(C2(CN)CCN(C(C)C)CC2)CC(C)(C)O1. The number of hydrogen-bond donors (Lipinski definition) is 1. The maximum atomic E-state index is 6.22. The van der Waals surface area contributed by atoms with E-state index in [1.165, 1.54) is 25.9 Å². The van der Waals surface area contributed by atoms with Crippen LogP contribution in [0.1, 0.15) is 47.5 Å². The molecule has 4 nitrogen and oxygen atoms in total. The quantitative estimate of drug-likeness (QED) is 0.856. The van der Waals surface area contributed by atoms with Gasteiger partial charge in [0.2, 0.25) is 0 Å². The Bertz CT molecular complexity index is 322. The summed E-state index contributed by atoms with van der Waals surface area (Å²) in [5.41, 5.74) is 6.34. The van der Waals surface area contributed by atoms with Crippen molar-refractivity contribution in [1.29, 1.82) is 0 Å². The third-order valence-electron chi connectivity index (χ3n) is 5.08. The molecule has 0 aliphatic carbocycles. The molecule has 4 heteroatoms. The van der Waals surface area contributed by atoms with Gasteiger partial charge in [0, 0.05) is 44.3 Å². The van der Waals surface area contributed by atoms with Crippen molar-refractivity contribution in [1.82, 2.24) is 9.80 Å². The minimum atomic E-state index is -0.0605. The van der Waals surface area contributed by atoms with E-state index in [0.717, 1.165) is 19.6 Å². The molecule has 1 unspecified atom stereocenters. The number of nitrogens with two attached hydrogens (primary N) is 1. The first-order chi connectivity index (χ1) is 9.28. The molecule has 2 aliphatic rings. The van der Waals surface area contributed by atoms with Crippen molar-refractivity contribution in [2.75, 3.05) is 32.7 Å². The van der Waals surface area contributed by atoms with Crippen molar-refractivity contribution >= 4 is 0 Å². The lowest BCUT2D eigenvalue weighted by molar-refractivity contribution is -0.159. The fourth-order valence-corrected chi connectivity index (χ4v) is 3.92. The van der Waals surface area contributed by atoms with Crippen LogP contribution < -0.4 is 5.73 Å². The zero-order valence-electron chi connectivity index (χ0n) is 14.0. The maximum Gasteiger partial charge on any atom is 0.0757 e. The van der Waals surface area contributed by atoms with E-state index in [0.29, 0.717) is 12.1 Å². The van der Waals surface area contributed by atoms with Gasteiger partial charge in [-0.15, -0.1) is 0 Å². The lowest BCUT2D eigenvalue weighted by Crippen LogP contribution is -2.66. The van der Waals surface area contributed by atoms with E-state index in [9.17, 15) is 0 Å². The molecule has 2 heterocycles. The Labute approximate surface area is 124 Å². The zero-order valence-corrected chi connectivity index (χ0v) is 14.0. The molecule has 2 rings (SSSR count). The third-order valence-corrected chi connectivity index (χ3v) is 5.08. The van der Waals surface area contributed by atoms with E-state index in [1.54, 1.807) is 0 Å². The van der Waals surface area contributed by atoms with Gasteiger partial charge in [-0.2, -0.15) is 0 Å². The number of rotatable bonds is 3. The van der Waals surface area contributed by atoms with Crippen LogP contribution in [0.3, 0.4) is 0 Å². The lowest BCUT2D eigenvalue weighted by Gasteiger charge is -2.54. The number of hydrogen-bond acceptors (Lipinski definition) is 4. The molecule has 0 amide bonds. The normalized spacial score (nSPS) is 31.6. The second kappa shape index (κ2) is 5.91. The number of ether oxygens (including phenoxy) is 1. The van der Waals surface area contributed by atoms with Crippen LogP contribution >= 0.6 is 0 Å². The second-order valence-electron chi connectivity index (χ2n) is 7.63. The van der Waals surface area contributed by atoms with E-state index in [4.69, 9.17) is 10.5 Å². The van der Waals surface area contributed by atoms with Crippen LogP contribution in [0.25, 0.3) is 0 Å². The van der Waals surface area contributed by atoms with E-state index < -0.39 is 0 Å². The Morgan fingerprint density at radius 1 is 1.25 bits per heavy atom. The zero-order chi connectivity index (χ0) is 15.0. The molecule has 0 bridgehead atoms. The largest absolute Gasteiger partial charge is 0.370 e. The van der Waals surface area contributed by atoms with Crippen LogP contribution in [0.15, 0.2) is 0 Å². The van der Waals surface area contributed by atoms with Gasteiger partial charge >= 0.3 is 0 Å². The molecule has 2 saturated heterocycles. The van der Waals surface area contributed by atoms with E-state index in [2.05, 4.69) is 44.4 Å². The molecule has 20 heavy (non-hydrogen) atoms. The predicted molar refractivity (Wildman–Crippen MR) is 83.9 cm³/mol. The summed E-state index contributed by atoms with van der Waals surface area (Å²) in [5, 5.41) is 0. The van der Waals surface area contributed by atoms with E-state index in [-0.39, 0.29) is 11.1 Å². The van der Waals surface area contributed by atoms with Gasteiger partial charge in [-0.3, -0.25) is 4.90 Å². The van der Waals surface area contributed by atoms with Gasteiger partial charge in [-0.05, 0) is 47.5 Å². The fraction of sp³-hybridized carbons (Fsp3) is 1.00. The highest BCUT2D eigenvalue weighted by Gasteiger charge is 2.44. The number of piperidine rings is 1. The molecule has 0 saturated carbocycles. The molecule has 0 radical (unpaired) electrons. The summed E-state index contributed by atoms with van der Waals surface area (Å²) in [5.74, 6) is 0. The molecule has 2 fully saturated rings. The Hall–Kier alpha value is -0.160. The first-order valence-corrected chi connectivity index (χ1v) is 8.15. The molecule has 2 N–H and O–H groups in total. The number of likely N-dealkylation sites (tertiary alicyclic amines) is 1. The summed E-state index contributed by atoms with van der Waals surface area (Å²) in [7, 11) is 0. The predicted octanol–water partition coefficient (Wildman–Crippen LogP) is 1.69. The van der Waals surface area contributed by atoms with Gasteiger partial charge in [0.15, 0.2) is 0 Å². The maximum absolute atomic E-state index is 6.22. The van der Waals surface area contributed by atoms with Gasteiger partial charge in [0.1, 0.15) is 0 Å². The highest BCUT2D eigenvalue weighted by atomic mass is 16.5. The van der Waals surface area contributed by atoms with Crippen molar-refractivity contribution in [2.24, 2.45) is 5.73 Å². The van der Waals surface area contributed by atoms with Crippen molar-refractivity contribution in [3.05, 3.63) is 0 Å². The van der Waals surface area contributed by atoms with Gasteiger partial charge < -0.3 is 15.4 Å². The van der Waals surface area contributed by atoms with E-state index in [1.807, 2.05) is 0 Å². The standard InChI is InChI=1S/C16H33N3O/c1-13(2)18-8-6-16(11-17,7-9-18)19-10-14(3)20-15(4,5)12-19/h13-14H,6-12,17H2,1-5H3. The van der Waals surface area contributed by atoms with Crippen LogP contribution in [-0.4, -0.2) is 65.8 Å². The Morgan fingerprint density at radius 3 is 2.30 bits per heavy atom.